The van der Waals surface area contributed by atoms with Crippen molar-refractivity contribution < 1.29 is 23.8 Å². The minimum absolute atomic E-state index is 0.0986. The maximum absolute atomic E-state index is 12.6. The number of nitrogens with one attached hydrogen (secondary N) is 2. The largest absolute Gasteiger partial charge is 0.497 e. The molecule has 0 unspecified atom stereocenters. The Bertz CT molecular complexity index is 919. The zero-order valence-corrected chi connectivity index (χ0v) is 15.4. The summed E-state index contributed by atoms with van der Waals surface area (Å²) >= 11 is 0. The molecular weight excluding hydrogens is 360 g/mol. The molecule has 1 aliphatic rings. The number of methoxy groups -OCH3 is 1. The van der Waals surface area contributed by atoms with Gasteiger partial charge in [0.05, 0.1) is 7.11 Å². The van der Waals surface area contributed by atoms with Gasteiger partial charge in [-0.25, -0.2) is 0 Å². The number of benzene rings is 2. The van der Waals surface area contributed by atoms with Crippen LogP contribution in [-0.4, -0.2) is 32.3 Å². The number of hydrogen-bond acceptors (Lipinski definition) is 5. The highest BCUT2D eigenvalue weighted by Crippen LogP contribution is 2.33. The van der Waals surface area contributed by atoms with E-state index in [-0.39, 0.29) is 19.0 Å². The summed E-state index contributed by atoms with van der Waals surface area (Å²) < 4.78 is 15.7. The molecule has 0 fully saturated rings. The average molecular weight is 380 g/mol. The molecule has 3 rings (SSSR count). The quantitative estimate of drug-likeness (QED) is 0.569. The van der Waals surface area contributed by atoms with Crippen LogP contribution in [0.4, 0.5) is 0 Å². The molecule has 1 heterocycles. The first-order valence-electron chi connectivity index (χ1n) is 8.56. The second-order valence-electron chi connectivity index (χ2n) is 5.85. The van der Waals surface area contributed by atoms with Gasteiger partial charge in [-0.05, 0) is 48.0 Å². The van der Waals surface area contributed by atoms with E-state index in [0.29, 0.717) is 28.4 Å². The number of carbonyl (C=O) groups is 2. The van der Waals surface area contributed by atoms with E-state index < -0.39 is 11.8 Å². The normalized spacial score (nSPS) is 12.2. The first kappa shape index (κ1) is 19.0. The molecule has 7 heteroatoms. The molecule has 0 bridgehead atoms. The second kappa shape index (κ2) is 8.77. The van der Waals surface area contributed by atoms with Gasteiger partial charge >= 0.3 is 0 Å². The lowest BCUT2D eigenvalue weighted by atomic mass is 10.1. The van der Waals surface area contributed by atoms with Crippen LogP contribution in [0.25, 0.3) is 6.08 Å². The highest BCUT2D eigenvalue weighted by molar-refractivity contribution is 6.05. The molecule has 0 atom stereocenters. The van der Waals surface area contributed by atoms with E-state index in [1.165, 1.54) is 0 Å². The Morgan fingerprint density at radius 1 is 1.14 bits per heavy atom. The molecule has 144 valence electrons. The minimum atomic E-state index is -0.431. The van der Waals surface area contributed by atoms with E-state index in [1.807, 2.05) is 0 Å². The lowest BCUT2D eigenvalue weighted by molar-refractivity contribution is -0.117. The van der Waals surface area contributed by atoms with Gasteiger partial charge in [0.1, 0.15) is 11.4 Å². The Kier molecular flexibility index (Phi) is 5.96. The molecule has 0 spiro atoms. The van der Waals surface area contributed by atoms with E-state index in [2.05, 4.69) is 17.2 Å². The van der Waals surface area contributed by atoms with Crippen molar-refractivity contribution in [1.82, 2.24) is 10.6 Å². The zero-order chi connectivity index (χ0) is 19.9. The number of carbonyl (C=O) groups excluding carboxylic acids is 2. The number of ether oxygens (including phenoxy) is 3. The van der Waals surface area contributed by atoms with Crippen molar-refractivity contribution >= 4 is 17.9 Å². The van der Waals surface area contributed by atoms with Crippen molar-refractivity contribution in [1.29, 1.82) is 0 Å². The monoisotopic (exact) mass is 380 g/mol. The molecule has 0 aliphatic carbocycles. The topological polar surface area (TPSA) is 85.9 Å². The Morgan fingerprint density at radius 3 is 2.61 bits per heavy atom. The summed E-state index contributed by atoms with van der Waals surface area (Å²) in [6.07, 6.45) is 3.13. The molecule has 2 N–H and O–H groups in total. The smallest absolute Gasteiger partial charge is 0.268 e. The fourth-order valence-corrected chi connectivity index (χ4v) is 2.52. The number of fused-ring (bicyclic) bond motifs is 1. The lowest BCUT2D eigenvalue weighted by Gasteiger charge is -2.11. The maximum atomic E-state index is 12.6. The van der Waals surface area contributed by atoms with Crippen LogP contribution in [0.1, 0.15) is 15.9 Å². The van der Waals surface area contributed by atoms with Gasteiger partial charge in [-0.1, -0.05) is 12.1 Å². The van der Waals surface area contributed by atoms with Crippen LogP contribution in [-0.2, 0) is 4.79 Å². The predicted octanol–water partition coefficient (Wildman–Crippen LogP) is 2.50. The Labute approximate surface area is 162 Å². The Morgan fingerprint density at radius 2 is 1.89 bits per heavy atom. The molecule has 2 amide bonds. The predicted molar refractivity (Wildman–Crippen MR) is 104 cm³/mol. The van der Waals surface area contributed by atoms with Crippen molar-refractivity contribution in [2.75, 3.05) is 20.4 Å². The molecule has 0 radical (unpaired) electrons. The summed E-state index contributed by atoms with van der Waals surface area (Å²) in [7, 11) is 1.55. The summed E-state index contributed by atoms with van der Waals surface area (Å²) in [4.78, 5) is 25.1. The van der Waals surface area contributed by atoms with E-state index >= 15 is 0 Å². The second-order valence-corrected chi connectivity index (χ2v) is 5.85. The number of hydrogen-bond donors (Lipinski definition) is 2. The van der Waals surface area contributed by atoms with Crippen molar-refractivity contribution in [2.24, 2.45) is 0 Å². The van der Waals surface area contributed by atoms with Gasteiger partial charge in [0.25, 0.3) is 11.8 Å². The van der Waals surface area contributed by atoms with Crippen molar-refractivity contribution in [3.63, 3.8) is 0 Å². The van der Waals surface area contributed by atoms with Gasteiger partial charge in [0.15, 0.2) is 11.5 Å². The molecule has 7 nitrogen and oxygen atoms in total. The highest BCUT2D eigenvalue weighted by atomic mass is 16.7. The molecule has 0 aromatic heterocycles. The van der Waals surface area contributed by atoms with Crippen LogP contribution >= 0.6 is 0 Å². The van der Waals surface area contributed by atoms with Gasteiger partial charge in [-0.15, -0.1) is 6.58 Å². The van der Waals surface area contributed by atoms with E-state index in [1.54, 1.807) is 61.7 Å². The zero-order valence-electron chi connectivity index (χ0n) is 15.4. The summed E-state index contributed by atoms with van der Waals surface area (Å²) in [5, 5.41) is 5.32. The molecule has 2 aromatic carbocycles. The molecular formula is C21H20N2O5. The van der Waals surface area contributed by atoms with Gasteiger partial charge in [-0.2, -0.15) is 0 Å². The van der Waals surface area contributed by atoms with Crippen LogP contribution in [0, 0.1) is 0 Å². The number of amides is 2. The minimum Gasteiger partial charge on any atom is -0.497 e. The number of rotatable bonds is 7. The maximum Gasteiger partial charge on any atom is 0.268 e. The van der Waals surface area contributed by atoms with Crippen LogP contribution in [0.2, 0.25) is 0 Å². The Hall–Kier alpha value is -3.74. The first-order valence-corrected chi connectivity index (χ1v) is 8.56. The SMILES string of the molecule is C=CCNC(=O)/C(=C\c1ccc2c(c1)OCO2)NC(=O)c1ccc(OC)cc1. The third-order valence-corrected chi connectivity index (χ3v) is 3.96. The fourth-order valence-electron chi connectivity index (χ4n) is 2.52. The fraction of sp³-hybridized carbons (Fsp3) is 0.143. The van der Waals surface area contributed by atoms with Gasteiger partial charge < -0.3 is 24.8 Å². The van der Waals surface area contributed by atoms with Crippen molar-refractivity contribution in [3.8, 4) is 17.2 Å². The van der Waals surface area contributed by atoms with Crippen LogP contribution in [0.3, 0.4) is 0 Å². The molecule has 0 saturated heterocycles. The summed E-state index contributed by atoms with van der Waals surface area (Å²) in [6.45, 7) is 4.01. The first-order chi connectivity index (χ1) is 13.6. The van der Waals surface area contributed by atoms with Crippen LogP contribution < -0.4 is 24.8 Å². The third kappa shape index (κ3) is 4.50. The molecule has 28 heavy (non-hydrogen) atoms. The third-order valence-electron chi connectivity index (χ3n) is 3.96. The van der Waals surface area contributed by atoms with E-state index in [4.69, 9.17) is 14.2 Å². The van der Waals surface area contributed by atoms with Crippen molar-refractivity contribution in [3.05, 3.63) is 71.9 Å². The van der Waals surface area contributed by atoms with E-state index in [0.717, 1.165) is 0 Å². The highest BCUT2D eigenvalue weighted by Gasteiger charge is 2.16. The summed E-state index contributed by atoms with van der Waals surface area (Å²) in [5.41, 5.74) is 1.18. The summed E-state index contributed by atoms with van der Waals surface area (Å²) in [5.74, 6) is 1.01. The van der Waals surface area contributed by atoms with Gasteiger partial charge in [0.2, 0.25) is 6.79 Å². The Balaban J connectivity index is 1.84. The lowest BCUT2D eigenvalue weighted by Crippen LogP contribution is -2.34. The van der Waals surface area contributed by atoms with Gasteiger partial charge in [0, 0.05) is 12.1 Å². The average Bonchev–Trinajstić information content (AvgIpc) is 3.19. The molecule has 1 aliphatic heterocycles. The van der Waals surface area contributed by atoms with Gasteiger partial charge in [-0.3, -0.25) is 9.59 Å². The standard InChI is InChI=1S/C21H20N2O5/c1-3-10-22-21(25)17(11-14-4-9-18-19(12-14)28-13-27-18)23-20(24)15-5-7-16(26-2)8-6-15/h3-9,11-12H,1,10,13H2,2H3,(H,22,25)(H,23,24)/b17-11+. The van der Waals surface area contributed by atoms with Crippen LogP contribution in [0.5, 0.6) is 17.2 Å². The van der Waals surface area contributed by atoms with Crippen molar-refractivity contribution in [2.45, 2.75) is 0 Å². The molecule has 0 saturated carbocycles. The van der Waals surface area contributed by atoms with Crippen LogP contribution in [0.15, 0.2) is 60.8 Å². The van der Waals surface area contributed by atoms with E-state index in [9.17, 15) is 9.59 Å². The summed E-state index contributed by atoms with van der Waals surface area (Å²) in [6, 6.07) is 11.8. The molecule has 2 aromatic rings.